The number of unbranched alkanes of at least 4 members (excludes halogenated alkanes) is 1. The van der Waals surface area contributed by atoms with Crippen molar-refractivity contribution in [3.8, 4) is 0 Å². The molecule has 124 valence electrons. The van der Waals surface area contributed by atoms with Gasteiger partial charge in [0, 0.05) is 18.0 Å². The largest absolute Gasteiger partial charge is 0.357 e. The Hall–Kier alpha value is -1.07. The highest BCUT2D eigenvalue weighted by Crippen LogP contribution is 2.28. The average molecular weight is 323 g/mol. The fraction of sp³-hybridized carbons (Fsp3) is 0.706. The predicted octanol–water partition coefficient (Wildman–Crippen LogP) is 3.24. The van der Waals surface area contributed by atoms with Crippen LogP contribution in [0.1, 0.15) is 50.4 Å². The number of nitrogens with zero attached hydrogens (tertiary/aromatic N) is 2. The van der Waals surface area contributed by atoms with Crippen molar-refractivity contribution < 1.29 is 0 Å². The SMILES string of the molecule is CCCCNC(=NCC(c1cccs1)N1CCCC1)NCC. The van der Waals surface area contributed by atoms with Crippen molar-refractivity contribution in [2.24, 2.45) is 4.99 Å². The molecule has 4 nitrogen and oxygen atoms in total. The van der Waals surface area contributed by atoms with Gasteiger partial charge in [-0.05, 0) is 50.7 Å². The van der Waals surface area contributed by atoms with Gasteiger partial charge in [-0.25, -0.2) is 0 Å². The van der Waals surface area contributed by atoms with E-state index in [-0.39, 0.29) is 0 Å². The number of guanidine groups is 1. The second-order valence-corrected chi connectivity index (χ2v) is 6.75. The van der Waals surface area contributed by atoms with Gasteiger partial charge in [0.2, 0.25) is 0 Å². The first kappa shape index (κ1) is 17.3. The minimum atomic E-state index is 0.434. The third-order valence-corrected chi connectivity index (χ3v) is 5.02. The van der Waals surface area contributed by atoms with Crippen molar-refractivity contribution >= 4 is 17.3 Å². The van der Waals surface area contributed by atoms with Crippen molar-refractivity contribution in [2.45, 2.75) is 45.6 Å². The van der Waals surface area contributed by atoms with Crippen LogP contribution in [0.2, 0.25) is 0 Å². The van der Waals surface area contributed by atoms with Crippen LogP contribution in [0.3, 0.4) is 0 Å². The third-order valence-electron chi connectivity index (χ3n) is 4.04. The highest BCUT2D eigenvalue weighted by atomic mass is 32.1. The standard InChI is InChI=1S/C17H30N4S/c1-3-5-10-19-17(18-4-2)20-14-15(16-9-8-13-22-16)21-11-6-7-12-21/h8-9,13,15H,3-7,10-12,14H2,1-2H3,(H2,18,19,20). The van der Waals surface area contributed by atoms with Gasteiger partial charge in [0.1, 0.15) is 0 Å². The molecular formula is C17H30N4S. The van der Waals surface area contributed by atoms with Gasteiger partial charge in [-0.15, -0.1) is 11.3 Å². The molecule has 0 spiro atoms. The van der Waals surface area contributed by atoms with Crippen LogP contribution < -0.4 is 10.6 Å². The van der Waals surface area contributed by atoms with E-state index in [1.165, 1.54) is 43.6 Å². The second-order valence-electron chi connectivity index (χ2n) is 5.77. The van der Waals surface area contributed by atoms with E-state index in [4.69, 9.17) is 4.99 Å². The maximum absolute atomic E-state index is 4.85. The number of thiophene rings is 1. The number of aliphatic imine (C=N–C) groups is 1. The molecule has 5 heteroatoms. The summed E-state index contributed by atoms with van der Waals surface area (Å²) in [4.78, 5) is 8.87. The van der Waals surface area contributed by atoms with E-state index < -0.39 is 0 Å². The van der Waals surface area contributed by atoms with Gasteiger partial charge >= 0.3 is 0 Å². The van der Waals surface area contributed by atoms with E-state index in [9.17, 15) is 0 Å². The van der Waals surface area contributed by atoms with Crippen LogP contribution in [0.25, 0.3) is 0 Å². The minimum absolute atomic E-state index is 0.434. The van der Waals surface area contributed by atoms with E-state index in [0.717, 1.165) is 25.6 Å². The highest BCUT2D eigenvalue weighted by molar-refractivity contribution is 7.10. The Balaban J connectivity index is 1.99. The quantitative estimate of drug-likeness (QED) is 0.438. The van der Waals surface area contributed by atoms with E-state index >= 15 is 0 Å². The fourth-order valence-electron chi connectivity index (χ4n) is 2.82. The summed E-state index contributed by atoms with van der Waals surface area (Å²) in [6.07, 6.45) is 5.03. The molecule has 0 aromatic carbocycles. The molecule has 0 saturated carbocycles. The van der Waals surface area contributed by atoms with Crippen LogP contribution in [0, 0.1) is 0 Å². The summed E-state index contributed by atoms with van der Waals surface area (Å²) < 4.78 is 0. The summed E-state index contributed by atoms with van der Waals surface area (Å²) in [6, 6.07) is 4.84. The molecule has 1 aliphatic rings. The molecule has 1 fully saturated rings. The Morgan fingerprint density at radius 3 is 2.77 bits per heavy atom. The van der Waals surface area contributed by atoms with Crippen LogP contribution in [0.4, 0.5) is 0 Å². The van der Waals surface area contributed by atoms with Gasteiger partial charge in [-0.1, -0.05) is 19.4 Å². The third kappa shape index (κ3) is 5.29. The normalized spacial score (nSPS) is 17.6. The van der Waals surface area contributed by atoms with Crippen molar-refractivity contribution in [1.29, 1.82) is 0 Å². The molecule has 1 atom stereocenters. The topological polar surface area (TPSA) is 39.7 Å². The zero-order valence-electron chi connectivity index (χ0n) is 14.0. The Bertz CT molecular complexity index is 424. The molecule has 1 aromatic heterocycles. The first-order chi connectivity index (χ1) is 10.8. The molecule has 1 aromatic rings. The lowest BCUT2D eigenvalue weighted by molar-refractivity contribution is 0.255. The summed E-state index contributed by atoms with van der Waals surface area (Å²) in [5.41, 5.74) is 0. The molecule has 0 amide bonds. The molecular weight excluding hydrogens is 292 g/mol. The molecule has 1 unspecified atom stereocenters. The number of likely N-dealkylation sites (tertiary alicyclic amines) is 1. The Kier molecular flexibility index (Phi) is 7.74. The summed E-state index contributed by atoms with van der Waals surface area (Å²) in [5.74, 6) is 0.955. The maximum Gasteiger partial charge on any atom is 0.191 e. The van der Waals surface area contributed by atoms with E-state index in [2.05, 4.69) is 46.9 Å². The van der Waals surface area contributed by atoms with Gasteiger partial charge in [0.15, 0.2) is 5.96 Å². The lowest BCUT2D eigenvalue weighted by Crippen LogP contribution is -2.38. The lowest BCUT2D eigenvalue weighted by atomic mass is 10.2. The Labute approximate surface area is 139 Å². The Morgan fingerprint density at radius 1 is 1.32 bits per heavy atom. The van der Waals surface area contributed by atoms with E-state index in [1.807, 2.05) is 11.3 Å². The average Bonchev–Trinajstić information content (AvgIpc) is 3.21. The molecule has 0 aliphatic carbocycles. The summed E-state index contributed by atoms with van der Waals surface area (Å²) >= 11 is 1.85. The van der Waals surface area contributed by atoms with Crippen LogP contribution in [-0.2, 0) is 0 Å². The van der Waals surface area contributed by atoms with Crippen LogP contribution in [0.5, 0.6) is 0 Å². The first-order valence-corrected chi connectivity index (χ1v) is 9.52. The van der Waals surface area contributed by atoms with Crippen molar-refractivity contribution in [3.63, 3.8) is 0 Å². The molecule has 1 aliphatic heterocycles. The van der Waals surface area contributed by atoms with Gasteiger partial charge in [0.25, 0.3) is 0 Å². The Morgan fingerprint density at radius 2 is 2.14 bits per heavy atom. The number of nitrogens with one attached hydrogen (secondary N) is 2. The number of hydrogen-bond donors (Lipinski definition) is 2. The molecule has 0 radical (unpaired) electrons. The summed E-state index contributed by atoms with van der Waals surface area (Å²) in [7, 11) is 0. The van der Waals surface area contributed by atoms with Crippen molar-refractivity contribution in [1.82, 2.24) is 15.5 Å². The molecule has 2 heterocycles. The van der Waals surface area contributed by atoms with Gasteiger partial charge < -0.3 is 10.6 Å². The van der Waals surface area contributed by atoms with E-state index in [1.54, 1.807) is 0 Å². The van der Waals surface area contributed by atoms with Gasteiger partial charge in [0.05, 0.1) is 12.6 Å². The molecule has 22 heavy (non-hydrogen) atoms. The number of rotatable bonds is 8. The predicted molar refractivity (Wildman–Crippen MR) is 96.8 cm³/mol. The summed E-state index contributed by atoms with van der Waals surface area (Å²) in [5, 5.41) is 8.97. The van der Waals surface area contributed by atoms with E-state index in [0.29, 0.717) is 6.04 Å². The smallest absolute Gasteiger partial charge is 0.191 e. The van der Waals surface area contributed by atoms with Crippen molar-refractivity contribution in [3.05, 3.63) is 22.4 Å². The molecule has 2 rings (SSSR count). The maximum atomic E-state index is 4.85. The van der Waals surface area contributed by atoms with Crippen molar-refractivity contribution in [2.75, 3.05) is 32.7 Å². The number of hydrogen-bond acceptors (Lipinski definition) is 3. The minimum Gasteiger partial charge on any atom is -0.357 e. The molecule has 1 saturated heterocycles. The summed E-state index contributed by atoms with van der Waals surface area (Å²) in [6.45, 7) is 9.49. The highest BCUT2D eigenvalue weighted by Gasteiger charge is 2.24. The van der Waals surface area contributed by atoms with Gasteiger partial charge in [-0.3, -0.25) is 9.89 Å². The second kappa shape index (κ2) is 9.85. The molecule has 0 bridgehead atoms. The lowest BCUT2D eigenvalue weighted by Gasteiger charge is -2.25. The van der Waals surface area contributed by atoms with Gasteiger partial charge in [-0.2, -0.15) is 0 Å². The monoisotopic (exact) mass is 322 g/mol. The molecule has 2 N–H and O–H groups in total. The zero-order valence-corrected chi connectivity index (χ0v) is 14.8. The van der Waals surface area contributed by atoms with Crippen LogP contribution in [-0.4, -0.2) is 43.6 Å². The van der Waals surface area contributed by atoms with Crippen LogP contribution >= 0.6 is 11.3 Å². The van der Waals surface area contributed by atoms with Crippen LogP contribution in [0.15, 0.2) is 22.5 Å². The fourth-order valence-corrected chi connectivity index (χ4v) is 3.67. The first-order valence-electron chi connectivity index (χ1n) is 8.64. The zero-order chi connectivity index (χ0) is 15.6.